The fourth-order valence-electron chi connectivity index (χ4n) is 1.37. The van der Waals surface area contributed by atoms with Gasteiger partial charge in [0, 0.05) is 18.1 Å². The first-order valence-corrected chi connectivity index (χ1v) is 7.86. The Morgan fingerprint density at radius 3 is 2.04 bits per heavy atom. The van der Waals surface area contributed by atoms with E-state index in [4.69, 9.17) is 0 Å². The van der Waals surface area contributed by atoms with E-state index in [1.807, 2.05) is 19.2 Å². The van der Waals surface area contributed by atoms with Crippen molar-refractivity contribution in [2.24, 2.45) is 0 Å². The third-order valence-electron chi connectivity index (χ3n) is 3.12. The summed E-state index contributed by atoms with van der Waals surface area (Å²) in [5.74, 6) is 0.659. The quantitative estimate of drug-likeness (QED) is 0.479. The first-order valence-electron chi connectivity index (χ1n) is 7.86. The molecule has 0 saturated heterocycles. The number of benzene rings is 1. The molecule has 0 unspecified atom stereocenters. The number of aromatic nitrogens is 2. The molecule has 0 spiro atoms. The second kappa shape index (κ2) is 12.2. The standard InChI is InChI=1S/C9H12.C7H8N2.C5H10/c1-8(2)9-6-4-3-5-7-9;1-3-7(2)9-5-4-8-6-9;1-4-5(2)3/h3-8H,1-2H3;3-6H,1-2H2;4H,1-3H3. The van der Waals surface area contributed by atoms with Crippen LogP contribution >= 0.6 is 0 Å². The number of imidazole rings is 1. The fourth-order valence-corrected chi connectivity index (χ4v) is 1.37. The average molecular weight is 310 g/mol. The number of hydrogen-bond acceptors (Lipinski definition) is 1. The second-order valence-electron chi connectivity index (χ2n) is 5.60. The lowest BCUT2D eigenvalue weighted by atomic mass is 10.0. The molecule has 124 valence electrons. The Morgan fingerprint density at radius 1 is 1.17 bits per heavy atom. The van der Waals surface area contributed by atoms with Crippen molar-refractivity contribution in [1.29, 1.82) is 0 Å². The van der Waals surface area contributed by atoms with E-state index in [9.17, 15) is 0 Å². The van der Waals surface area contributed by atoms with Crippen molar-refractivity contribution in [3.63, 3.8) is 0 Å². The summed E-state index contributed by atoms with van der Waals surface area (Å²) in [4.78, 5) is 3.85. The molecule has 0 N–H and O–H groups in total. The maximum atomic E-state index is 3.85. The highest BCUT2D eigenvalue weighted by Gasteiger charge is 1.93. The predicted molar refractivity (Wildman–Crippen MR) is 103 cm³/mol. The van der Waals surface area contributed by atoms with Gasteiger partial charge in [0.1, 0.15) is 0 Å². The largest absolute Gasteiger partial charge is 0.307 e. The summed E-state index contributed by atoms with van der Waals surface area (Å²) in [5, 5.41) is 0. The average Bonchev–Trinajstić information content (AvgIpc) is 3.10. The first-order chi connectivity index (χ1) is 10.9. The molecule has 2 aromatic rings. The number of nitrogens with zero attached hydrogens (tertiary/aromatic N) is 2. The molecule has 0 radical (unpaired) electrons. The van der Waals surface area contributed by atoms with Crippen molar-refractivity contribution in [3.8, 4) is 0 Å². The Labute approximate surface area is 141 Å². The van der Waals surface area contributed by atoms with E-state index in [2.05, 4.69) is 76.2 Å². The minimum absolute atomic E-state index is 0.659. The molecule has 2 nitrogen and oxygen atoms in total. The predicted octanol–water partition coefficient (Wildman–Crippen LogP) is 6.32. The summed E-state index contributed by atoms with van der Waals surface area (Å²) in [7, 11) is 0. The van der Waals surface area contributed by atoms with Crippen LogP contribution in [0.4, 0.5) is 0 Å². The zero-order chi connectivity index (χ0) is 17.7. The molecule has 2 rings (SSSR count). The molecule has 0 aliphatic carbocycles. The van der Waals surface area contributed by atoms with Gasteiger partial charge in [0.05, 0.1) is 6.33 Å². The van der Waals surface area contributed by atoms with Gasteiger partial charge in [-0.15, -0.1) is 0 Å². The summed E-state index contributed by atoms with van der Waals surface area (Å²) in [5.41, 5.74) is 3.63. The van der Waals surface area contributed by atoms with Crippen molar-refractivity contribution in [3.05, 3.63) is 85.5 Å². The molecule has 2 heteroatoms. The van der Waals surface area contributed by atoms with Gasteiger partial charge in [0.2, 0.25) is 0 Å². The second-order valence-corrected chi connectivity index (χ2v) is 5.60. The molecule has 1 aromatic heterocycles. The smallest absolute Gasteiger partial charge is 0.0991 e. The van der Waals surface area contributed by atoms with E-state index in [0.29, 0.717) is 5.92 Å². The number of rotatable bonds is 3. The zero-order valence-corrected chi connectivity index (χ0v) is 15.2. The minimum Gasteiger partial charge on any atom is -0.307 e. The summed E-state index contributed by atoms with van der Waals surface area (Å²) < 4.78 is 1.80. The molecule has 0 aliphatic heterocycles. The van der Waals surface area contributed by atoms with E-state index >= 15 is 0 Å². The Bertz CT molecular complexity index is 572. The molecular formula is C21H30N2. The van der Waals surface area contributed by atoms with Gasteiger partial charge < -0.3 is 4.57 Å². The molecule has 23 heavy (non-hydrogen) atoms. The van der Waals surface area contributed by atoms with Gasteiger partial charge in [-0.2, -0.15) is 0 Å². The highest BCUT2D eigenvalue weighted by molar-refractivity contribution is 5.52. The maximum absolute atomic E-state index is 3.85. The van der Waals surface area contributed by atoms with Crippen LogP contribution in [0.1, 0.15) is 46.1 Å². The SMILES string of the molecule is C=CC(=C)n1ccnc1.CC(C)c1ccccc1.CC=C(C)C. The van der Waals surface area contributed by atoms with Gasteiger partial charge >= 0.3 is 0 Å². The Morgan fingerprint density at radius 2 is 1.74 bits per heavy atom. The van der Waals surface area contributed by atoms with E-state index in [1.54, 1.807) is 23.2 Å². The highest BCUT2D eigenvalue weighted by atomic mass is 15.0. The van der Waals surface area contributed by atoms with Crippen molar-refractivity contribution in [2.75, 3.05) is 0 Å². The van der Waals surface area contributed by atoms with Crippen LogP contribution in [0.25, 0.3) is 5.70 Å². The van der Waals surface area contributed by atoms with Crippen LogP contribution in [-0.4, -0.2) is 9.55 Å². The highest BCUT2D eigenvalue weighted by Crippen LogP contribution is 2.11. The lowest BCUT2D eigenvalue weighted by Crippen LogP contribution is -1.85. The zero-order valence-electron chi connectivity index (χ0n) is 15.2. The van der Waals surface area contributed by atoms with Gasteiger partial charge in [0.25, 0.3) is 0 Å². The summed E-state index contributed by atoms with van der Waals surface area (Å²) in [6, 6.07) is 10.5. The van der Waals surface area contributed by atoms with Crippen LogP contribution < -0.4 is 0 Å². The van der Waals surface area contributed by atoms with Crippen molar-refractivity contribution in [1.82, 2.24) is 9.55 Å². The van der Waals surface area contributed by atoms with Crippen molar-refractivity contribution in [2.45, 2.75) is 40.5 Å². The third-order valence-corrected chi connectivity index (χ3v) is 3.12. The first kappa shape index (κ1) is 20.7. The molecule has 1 heterocycles. The maximum Gasteiger partial charge on any atom is 0.0991 e. The number of hydrogen-bond donors (Lipinski definition) is 0. The van der Waals surface area contributed by atoms with Crippen LogP contribution in [0.3, 0.4) is 0 Å². The molecule has 1 aromatic carbocycles. The fraction of sp³-hybridized carbons (Fsp3) is 0.286. The molecule has 0 bridgehead atoms. The van der Waals surface area contributed by atoms with Crippen LogP contribution in [0.2, 0.25) is 0 Å². The summed E-state index contributed by atoms with van der Waals surface area (Å²) >= 11 is 0. The molecule has 0 fully saturated rings. The van der Waals surface area contributed by atoms with E-state index in [-0.39, 0.29) is 0 Å². The van der Waals surface area contributed by atoms with Gasteiger partial charge in [-0.1, -0.05) is 69.0 Å². The number of allylic oxidation sites excluding steroid dienone is 4. The van der Waals surface area contributed by atoms with Crippen molar-refractivity contribution < 1.29 is 0 Å². The van der Waals surface area contributed by atoms with E-state index in [1.165, 1.54) is 11.1 Å². The van der Waals surface area contributed by atoms with Gasteiger partial charge in [0.15, 0.2) is 0 Å². The summed E-state index contributed by atoms with van der Waals surface area (Å²) in [6.45, 7) is 17.9. The molecule has 0 aliphatic rings. The Balaban J connectivity index is 0.000000332. The molecular weight excluding hydrogens is 280 g/mol. The monoisotopic (exact) mass is 310 g/mol. The molecule has 0 atom stereocenters. The molecule has 0 saturated carbocycles. The Hall–Kier alpha value is -2.35. The third kappa shape index (κ3) is 10.1. The minimum atomic E-state index is 0.659. The molecule has 0 amide bonds. The summed E-state index contributed by atoms with van der Waals surface area (Å²) in [6.07, 6.45) is 8.98. The van der Waals surface area contributed by atoms with Crippen molar-refractivity contribution >= 4 is 5.70 Å². The van der Waals surface area contributed by atoms with E-state index < -0.39 is 0 Å². The lowest BCUT2D eigenvalue weighted by molar-refractivity contribution is 0.867. The lowest BCUT2D eigenvalue weighted by Gasteiger charge is -2.01. The van der Waals surface area contributed by atoms with Crippen LogP contribution in [0, 0.1) is 0 Å². The topological polar surface area (TPSA) is 17.8 Å². The van der Waals surface area contributed by atoms with Crippen LogP contribution in [0.15, 0.2) is 79.9 Å². The van der Waals surface area contributed by atoms with Gasteiger partial charge in [-0.05, 0) is 38.3 Å². The van der Waals surface area contributed by atoms with E-state index in [0.717, 1.165) is 5.70 Å². The van der Waals surface area contributed by atoms with Crippen LogP contribution in [-0.2, 0) is 0 Å². The normalized spacial score (nSPS) is 8.96. The Kier molecular flexibility index (Phi) is 11.0. The van der Waals surface area contributed by atoms with Crippen LogP contribution in [0.5, 0.6) is 0 Å². The van der Waals surface area contributed by atoms with Gasteiger partial charge in [-0.25, -0.2) is 4.98 Å². The van der Waals surface area contributed by atoms with Gasteiger partial charge in [-0.3, -0.25) is 0 Å².